The molecular weight excluding hydrogens is 164 g/mol. The van der Waals surface area contributed by atoms with Crippen molar-refractivity contribution in [2.75, 3.05) is 5.73 Å². The predicted molar refractivity (Wildman–Crippen MR) is 44.5 cm³/mol. The first-order valence-corrected chi connectivity index (χ1v) is 3.88. The zero-order valence-corrected chi connectivity index (χ0v) is 7.35. The third kappa shape index (κ3) is 1.87. The van der Waals surface area contributed by atoms with Crippen molar-refractivity contribution in [3.8, 4) is 0 Å². The quantitative estimate of drug-likeness (QED) is 0.747. The largest absolute Gasteiger partial charge is 0.367 e. The number of hydrogen-bond donors (Lipinski definition) is 1. The molecule has 0 spiro atoms. The van der Waals surface area contributed by atoms with Crippen LogP contribution in [0.25, 0.3) is 0 Å². The molecule has 0 radical (unpaired) electrons. The van der Waals surface area contributed by atoms with Crippen LogP contribution in [-0.2, 0) is 6.42 Å². The van der Waals surface area contributed by atoms with Gasteiger partial charge in [0.25, 0.3) is 0 Å². The normalized spacial score (nSPS) is 10.9. The van der Waals surface area contributed by atoms with E-state index in [2.05, 4.69) is 19.0 Å². The van der Waals surface area contributed by atoms with E-state index < -0.39 is 0 Å². The third-order valence-corrected chi connectivity index (χ3v) is 1.68. The number of halogens is 1. The summed E-state index contributed by atoms with van der Waals surface area (Å²) in [5.41, 5.74) is 6.30. The Morgan fingerprint density at radius 1 is 1.64 bits per heavy atom. The fourth-order valence-corrected chi connectivity index (χ4v) is 1.10. The van der Waals surface area contributed by atoms with Gasteiger partial charge in [-0.1, -0.05) is 30.6 Å². The summed E-state index contributed by atoms with van der Waals surface area (Å²) in [6.07, 6.45) is 0.814. The van der Waals surface area contributed by atoms with E-state index in [-0.39, 0.29) is 0 Å². The second kappa shape index (κ2) is 3.13. The number of anilines is 1. The number of nitrogens with zero attached hydrogens (tertiary/aromatic N) is 1. The first-order valence-electron chi connectivity index (χ1n) is 3.50. The average Bonchev–Trinajstić information content (AvgIpc) is 2.18. The highest BCUT2D eigenvalue weighted by atomic mass is 35.5. The van der Waals surface area contributed by atoms with Crippen molar-refractivity contribution in [1.82, 2.24) is 5.16 Å². The fourth-order valence-electron chi connectivity index (χ4n) is 0.894. The second-order valence-corrected chi connectivity index (χ2v) is 3.27. The van der Waals surface area contributed by atoms with E-state index in [9.17, 15) is 0 Å². The van der Waals surface area contributed by atoms with Crippen LogP contribution in [0.1, 0.15) is 19.4 Å². The van der Waals surface area contributed by atoms with Gasteiger partial charge in [0.2, 0.25) is 5.88 Å². The highest BCUT2D eigenvalue weighted by Crippen LogP contribution is 2.23. The van der Waals surface area contributed by atoms with Gasteiger partial charge in [0.05, 0.1) is 5.56 Å². The molecule has 0 aliphatic heterocycles. The van der Waals surface area contributed by atoms with Crippen molar-refractivity contribution >= 4 is 17.5 Å². The molecule has 0 bridgehead atoms. The molecule has 1 heterocycles. The lowest BCUT2D eigenvalue weighted by Gasteiger charge is -2.00. The van der Waals surface area contributed by atoms with Crippen molar-refractivity contribution < 1.29 is 4.52 Å². The van der Waals surface area contributed by atoms with Gasteiger partial charge in [-0.25, -0.2) is 0 Å². The smallest absolute Gasteiger partial charge is 0.226 e. The fraction of sp³-hybridized carbons (Fsp3) is 0.571. The van der Waals surface area contributed by atoms with Crippen LogP contribution >= 0.6 is 11.6 Å². The number of nitrogens with two attached hydrogens (primary N) is 1. The standard InChI is InChI=1S/C7H11ClN2O/c1-4(2)3-5-6(8)10-11-7(5)9/h4H,3,9H2,1-2H3. The minimum absolute atomic E-state index is 0.337. The summed E-state index contributed by atoms with van der Waals surface area (Å²) in [5, 5.41) is 3.92. The average molecular weight is 175 g/mol. The Balaban J connectivity index is 2.83. The first kappa shape index (κ1) is 8.40. The molecular formula is C7H11ClN2O. The molecule has 0 unspecified atom stereocenters. The highest BCUT2D eigenvalue weighted by Gasteiger charge is 2.12. The van der Waals surface area contributed by atoms with E-state index in [1.807, 2.05) is 0 Å². The van der Waals surface area contributed by atoms with E-state index in [0.717, 1.165) is 12.0 Å². The SMILES string of the molecule is CC(C)Cc1c(Cl)noc1N. The number of nitrogen functional groups attached to an aromatic ring is 1. The van der Waals surface area contributed by atoms with Gasteiger partial charge in [0, 0.05) is 0 Å². The summed E-state index contributed by atoms with van der Waals surface area (Å²) in [6, 6.07) is 0. The van der Waals surface area contributed by atoms with Crippen LogP contribution in [0.5, 0.6) is 0 Å². The summed E-state index contributed by atoms with van der Waals surface area (Å²) in [6.45, 7) is 4.17. The molecule has 0 saturated heterocycles. The van der Waals surface area contributed by atoms with E-state index in [1.165, 1.54) is 0 Å². The molecule has 0 aliphatic rings. The molecule has 0 fully saturated rings. The van der Waals surface area contributed by atoms with Gasteiger partial charge in [0.1, 0.15) is 0 Å². The number of aromatic nitrogens is 1. The van der Waals surface area contributed by atoms with E-state index >= 15 is 0 Å². The minimum atomic E-state index is 0.337. The summed E-state index contributed by atoms with van der Waals surface area (Å²) >= 11 is 5.70. The molecule has 0 saturated carbocycles. The second-order valence-electron chi connectivity index (χ2n) is 2.91. The predicted octanol–water partition coefficient (Wildman–Crippen LogP) is 2.11. The Kier molecular flexibility index (Phi) is 2.39. The van der Waals surface area contributed by atoms with Crippen LogP contribution in [0.3, 0.4) is 0 Å². The Labute approximate surface area is 70.5 Å². The maximum absolute atomic E-state index is 5.70. The lowest BCUT2D eigenvalue weighted by Crippen LogP contribution is -1.96. The molecule has 0 atom stereocenters. The van der Waals surface area contributed by atoms with E-state index in [4.69, 9.17) is 21.9 Å². The van der Waals surface area contributed by atoms with Crippen LogP contribution in [0.15, 0.2) is 4.52 Å². The first-order chi connectivity index (χ1) is 5.11. The lowest BCUT2D eigenvalue weighted by atomic mass is 10.1. The Bertz CT molecular complexity index is 225. The minimum Gasteiger partial charge on any atom is -0.367 e. The van der Waals surface area contributed by atoms with Gasteiger partial charge in [-0.3, -0.25) is 0 Å². The van der Waals surface area contributed by atoms with Crippen molar-refractivity contribution in [2.45, 2.75) is 20.3 Å². The topological polar surface area (TPSA) is 52.0 Å². The van der Waals surface area contributed by atoms with Gasteiger partial charge in [-0.15, -0.1) is 0 Å². The molecule has 0 aromatic carbocycles. The lowest BCUT2D eigenvalue weighted by molar-refractivity contribution is 0.436. The van der Waals surface area contributed by atoms with Gasteiger partial charge in [-0.05, 0) is 12.3 Å². The molecule has 0 aliphatic carbocycles. The summed E-state index contributed by atoms with van der Waals surface area (Å²) in [7, 11) is 0. The molecule has 1 aromatic rings. The van der Waals surface area contributed by atoms with Crippen molar-refractivity contribution in [1.29, 1.82) is 0 Å². The van der Waals surface area contributed by atoms with Crippen molar-refractivity contribution in [2.24, 2.45) is 5.92 Å². The molecule has 1 rings (SSSR count). The summed E-state index contributed by atoms with van der Waals surface area (Å²) < 4.78 is 4.69. The maximum Gasteiger partial charge on any atom is 0.226 e. The molecule has 4 heteroatoms. The van der Waals surface area contributed by atoms with Crippen molar-refractivity contribution in [3.63, 3.8) is 0 Å². The van der Waals surface area contributed by atoms with Gasteiger partial charge >= 0.3 is 0 Å². The molecule has 3 nitrogen and oxygen atoms in total. The molecule has 0 amide bonds. The van der Waals surface area contributed by atoms with Gasteiger partial charge in [0.15, 0.2) is 5.15 Å². The van der Waals surface area contributed by atoms with Crippen LogP contribution in [0.4, 0.5) is 5.88 Å². The maximum atomic E-state index is 5.70. The summed E-state index contributed by atoms with van der Waals surface area (Å²) in [4.78, 5) is 0. The number of rotatable bonds is 2. The van der Waals surface area contributed by atoms with Crippen molar-refractivity contribution in [3.05, 3.63) is 10.7 Å². The third-order valence-electron chi connectivity index (χ3n) is 1.38. The Hall–Kier alpha value is -0.700. The zero-order chi connectivity index (χ0) is 8.43. The van der Waals surface area contributed by atoms with Gasteiger partial charge < -0.3 is 10.3 Å². The monoisotopic (exact) mass is 174 g/mol. The molecule has 62 valence electrons. The Morgan fingerprint density at radius 3 is 2.64 bits per heavy atom. The zero-order valence-electron chi connectivity index (χ0n) is 6.60. The number of hydrogen-bond acceptors (Lipinski definition) is 3. The van der Waals surface area contributed by atoms with E-state index in [0.29, 0.717) is 17.0 Å². The van der Waals surface area contributed by atoms with Gasteiger partial charge in [-0.2, -0.15) is 0 Å². The van der Waals surface area contributed by atoms with Crippen LogP contribution in [0, 0.1) is 5.92 Å². The van der Waals surface area contributed by atoms with Crippen LogP contribution < -0.4 is 5.73 Å². The molecule has 2 N–H and O–H groups in total. The van der Waals surface area contributed by atoms with Crippen LogP contribution in [-0.4, -0.2) is 5.16 Å². The van der Waals surface area contributed by atoms with E-state index in [1.54, 1.807) is 0 Å². The summed E-state index contributed by atoms with van der Waals surface area (Å²) in [5.74, 6) is 0.845. The van der Waals surface area contributed by atoms with Crippen LogP contribution in [0.2, 0.25) is 5.15 Å². The molecule has 11 heavy (non-hydrogen) atoms. The highest BCUT2D eigenvalue weighted by molar-refractivity contribution is 6.30. The molecule has 1 aromatic heterocycles. The Morgan fingerprint density at radius 2 is 2.27 bits per heavy atom.